The second-order valence-electron chi connectivity index (χ2n) is 11.2. The standard InChI is InChI=1S/C31H34N6O7S/c1-43-22-9-7-20(8-10-22)19-33-25-12-11-23(18-27(25)37(39)40)45(41,42)35-30(38)24-5-2-3-6-26(24)36-15-4-16-44-31-28(36)17-21-13-14-32-29(21)34-31/h2-3,5-6,11-14,17-18,20,22,33H,4,7-10,15-16,19H2,1H3,(H,32,34)(H,35,38). The number of fused-ring (bicyclic) bond motifs is 2. The van der Waals surface area contributed by atoms with E-state index in [9.17, 15) is 23.3 Å². The first-order valence-electron chi connectivity index (χ1n) is 14.8. The first-order valence-corrected chi connectivity index (χ1v) is 16.3. The molecule has 0 spiro atoms. The number of aromatic nitrogens is 2. The van der Waals surface area contributed by atoms with Gasteiger partial charge in [-0.25, -0.2) is 13.1 Å². The number of ether oxygens (including phenoxy) is 2. The molecular formula is C31H34N6O7S. The predicted octanol–water partition coefficient (Wildman–Crippen LogP) is 5.13. The van der Waals surface area contributed by atoms with Crippen LogP contribution in [0, 0.1) is 16.0 Å². The number of sulfonamides is 1. The molecule has 1 saturated carbocycles. The average molecular weight is 635 g/mol. The molecule has 4 aromatic rings. The molecule has 14 heteroatoms. The topological polar surface area (TPSA) is 169 Å². The van der Waals surface area contributed by atoms with Gasteiger partial charge in [0.15, 0.2) is 0 Å². The van der Waals surface area contributed by atoms with E-state index in [2.05, 4.69) is 20.0 Å². The Labute approximate surface area is 260 Å². The van der Waals surface area contributed by atoms with Crippen molar-refractivity contribution in [2.75, 3.05) is 37.0 Å². The molecule has 3 N–H and O–H groups in total. The van der Waals surface area contributed by atoms with Crippen molar-refractivity contribution in [1.82, 2.24) is 14.7 Å². The summed E-state index contributed by atoms with van der Waals surface area (Å²) in [5, 5.41) is 15.9. The van der Waals surface area contributed by atoms with Gasteiger partial charge in [-0.3, -0.25) is 14.9 Å². The number of amides is 1. The molecule has 236 valence electrons. The molecule has 1 aliphatic carbocycles. The Hall–Kier alpha value is -4.69. The molecule has 0 unspecified atom stereocenters. The van der Waals surface area contributed by atoms with Gasteiger partial charge in [-0.05, 0) is 74.4 Å². The summed E-state index contributed by atoms with van der Waals surface area (Å²) >= 11 is 0. The average Bonchev–Trinajstić information content (AvgIpc) is 3.41. The van der Waals surface area contributed by atoms with Gasteiger partial charge >= 0.3 is 0 Å². The number of nitrogens with one attached hydrogen (secondary N) is 3. The van der Waals surface area contributed by atoms with Crippen LogP contribution in [-0.4, -0.2) is 62.1 Å². The van der Waals surface area contributed by atoms with E-state index in [0.717, 1.165) is 37.1 Å². The first-order chi connectivity index (χ1) is 21.7. The van der Waals surface area contributed by atoms with E-state index in [1.165, 1.54) is 18.2 Å². The molecule has 0 radical (unpaired) electrons. The van der Waals surface area contributed by atoms with Crippen LogP contribution in [0.25, 0.3) is 11.0 Å². The number of benzene rings is 2. The number of hydrogen-bond acceptors (Lipinski definition) is 10. The maximum Gasteiger partial charge on any atom is 0.293 e. The SMILES string of the molecule is COC1CCC(CNc2ccc(S(=O)(=O)NC(=O)c3ccccc3N3CCCOc4nc5[nH]ccc5cc43)cc2[N+](=O)[O-])CC1. The second-order valence-corrected chi connectivity index (χ2v) is 12.9. The Balaban J connectivity index is 1.23. The monoisotopic (exact) mass is 634 g/mol. The molecule has 1 amide bonds. The van der Waals surface area contributed by atoms with Gasteiger partial charge < -0.3 is 24.7 Å². The van der Waals surface area contributed by atoms with E-state index < -0.39 is 25.7 Å². The number of nitro benzene ring substituents is 1. The number of anilines is 3. The number of pyridine rings is 1. The van der Waals surface area contributed by atoms with Gasteiger partial charge in [0.1, 0.15) is 17.0 Å². The van der Waals surface area contributed by atoms with Crippen LogP contribution < -0.4 is 19.7 Å². The van der Waals surface area contributed by atoms with Crippen molar-refractivity contribution in [3.05, 3.63) is 76.5 Å². The van der Waals surface area contributed by atoms with Crippen molar-refractivity contribution in [3.63, 3.8) is 0 Å². The highest BCUT2D eigenvalue weighted by atomic mass is 32.2. The largest absolute Gasteiger partial charge is 0.476 e. The van der Waals surface area contributed by atoms with Crippen LogP contribution in [0.4, 0.5) is 22.7 Å². The molecule has 13 nitrogen and oxygen atoms in total. The van der Waals surface area contributed by atoms with Gasteiger partial charge in [-0.15, -0.1) is 0 Å². The van der Waals surface area contributed by atoms with E-state index >= 15 is 0 Å². The van der Waals surface area contributed by atoms with Gasteiger partial charge in [-0.1, -0.05) is 12.1 Å². The Morgan fingerprint density at radius 3 is 2.71 bits per heavy atom. The molecular weight excluding hydrogens is 600 g/mol. The third kappa shape index (κ3) is 6.42. The lowest BCUT2D eigenvalue weighted by Gasteiger charge is -2.27. The lowest BCUT2D eigenvalue weighted by Crippen LogP contribution is -2.32. The third-order valence-electron chi connectivity index (χ3n) is 8.39. The summed E-state index contributed by atoms with van der Waals surface area (Å²) in [6.07, 6.45) is 6.37. The summed E-state index contributed by atoms with van der Waals surface area (Å²) in [7, 11) is -2.77. The zero-order valence-corrected chi connectivity index (χ0v) is 25.5. The number of aromatic amines is 1. The lowest BCUT2D eigenvalue weighted by atomic mass is 9.87. The van der Waals surface area contributed by atoms with Crippen molar-refractivity contribution < 1.29 is 27.6 Å². The summed E-state index contributed by atoms with van der Waals surface area (Å²) in [5.74, 6) is -0.148. The molecule has 1 fully saturated rings. The maximum atomic E-state index is 13.6. The van der Waals surface area contributed by atoms with Gasteiger partial charge in [0.2, 0.25) is 5.88 Å². The fraction of sp³-hybridized carbons (Fsp3) is 0.355. The third-order valence-corrected chi connectivity index (χ3v) is 9.72. The summed E-state index contributed by atoms with van der Waals surface area (Å²) in [6, 6.07) is 14.0. The van der Waals surface area contributed by atoms with Crippen LogP contribution >= 0.6 is 0 Å². The minimum Gasteiger partial charge on any atom is -0.476 e. The number of carbonyl (C=O) groups excluding carboxylic acids is 1. The van der Waals surface area contributed by atoms with Crippen molar-refractivity contribution in [2.45, 2.75) is 43.1 Å². The minimum atomic E-state index is -4.47. The number of methoxy groups -OCH3 is 1. The van der Waals surface area contributed by atoms with E-state index in [1.807, 2.05) is 17.0 Å². The van der Waals surface area contributed by atoms with Crippen LogP contribution in [0.15, 0.2) is 65.7 Å². The van der Waals surface area contributed by atoms with Gasteiger partial charge in [0.25, 0.3) is 21.6 Å². The summed E-state index contributed by atoms with van der Waals surface area (Å²) < 4.78 is 40.2. The number of carbonyl (C=O) groups is 1. The van der Waals surface area contributed by atoms with Crippen LogP contribution in [0.5, 0.6) is 5.88 Å². The Morgan fingerprint density at radius 2 is 1.93 bits per heavy atom. The number of rotatable bonds is 9. The normalized spacial score (nSPS) is 18.5. The minimum absolute atomic E-state index is 0.110. The molecule has 1 aliphatic heterocycles. The number of H-pyrrole nitrogens is 1. The summed E-state index contributed by atoms with van der Waals surface area (Å²) in [4.78, 5) is 34.0. The molecule has 2 aliphatic rings. The lowest BCUT2D eigenvalue weighted by molar-refractivity contribution is -0.384. The van der Waals surface area contributed by atoms with Crippen molar-refractivity contribution in [3.8, 4) is 5.88 Å². The van der Waals surface area contributed by atoms with Crippen LogP contribution in [0.3, 0.4) is 0 Å². The van der Waals surface area contributed by atoms with Crippen molar-refractivity contribution in [2.24, 2.45) is 5.92 Å². The van der Waals surface area contributed by atoms with Gasteiger partial charge in [0, 0.05) is 37.8 Å². The number of nitrogens with zero attached hydrogens (tertiary/aromatic N) is 3. The Morgan fingerprint density at radius 1 is 1.13 bits per heavy atom. The summed E-state index contributed by atoms with van der Waals surface area (Å²) in [6.45, 7) is 1.44. The highest BCUT2D eigenvalue weighted by molar-refractivity contribution is 7.90. The number of nitro groups is 1. The van der Waals surface area contributed by atoms with E-state index in [-0.39, 0.29) is 23.0 Å². The molecule has 0 saturated heterocycles. The van der Waals surface area contributed by atoms with Crippen molar-refractivity contribution in [1.29, 1.82) is 0 Å². The molecule has 2 aromatic carbocycles. The van der Waals surface area contributed by atoms with E-state index in [4.69, 9.17) is 9.47 Å². The number of hydrogen-bond donors (Lipinski definition) is 3. The Kier molecular flexibility index (Phi) is 8.59. The summed E-state index contributed by atoms with van der Waals surface area (Å²) in [5.41, 5.74) is 1.72. The van der Waals surface area contributed by atoms with Gasteiger partial charge in [0.05, 0.1) is 33.8 Å². The predicted molar refractivity (Wildman–Crippen MR) is 169 cm³/mol. The van der Waals surface area contributed by atoms with Crippen molar-refractivity contribution >= 4 is 49.7 Å². The van der Waals surface area contributed by atoms with Crippen LogP contribution in [-0.2, 0) is 14.8 Å². The zero-order valence-electron chi connectivity index (χ0n) is 24.7. The van der Waals surface area contributed by atoms with E-state index in [1.54, 1.807) is 31.5 Å². The fourth-order valence-electron chi connectivity index (χ4n) is 5.96. The van der Waals surface area contributed by atoms with Gasteiger partial charge in [-0.2, -0.15) is 4.98 Å². The fourth-order valence-corrected chi connectivity index (χ4v) is 6.94. The quantitative estimate of drug-likeness (QED) is 0.166. The number of para-hydroxylation sites is 1. The molecule has 0 atom stereocenters. The van der Waals surface area contributed by atoms with Crippen LogP contribution in [0.1, 0.15) is 42.5 Å². The van der Waals surface area contributed by atoms with Crippen LogP contribution in [0.2, 0.25) is 0 Å². The molecule has 3 heterocycles. The highest BCUT2D eigenvalue weighted by Crippen LogP contribution is 2.38. The smallest absolute Gasteiger partial charge is 0.293 e. The Bertz CT molecular complexity index is 1840. The highest BCUT2D eigenvalue weighted by Gasteiger charge is 2.28. The molecule has 6 rings (SSSR count). The molecule has 45 heavy (non-hydrogen) atoms. The van der Waals surface area contributed by atoms with E-state index in [0.29, 0.717) is 54.9 Å². The zero-order chi connectivity index (χ0) is 31.6. The molecule has 2 aromatic heterocycles. The first kappa shape index (κ1) is 30.3. The molecule has 0 bridgehead atoms. The second kappa shape index (κ2) is 12.7. The maximum absolute atomic E-state index is 13.6.